The van der Waals surface area contributed by atoms with Gasteiger partial charge in [-0.15, -0.1) is 11.3 Å². The average molecular weight is 366 g/mol. The van der Waals surface area contributed by atoms with E-state index in [1.165, 1.54) is 31.4 Å². The van der Waals surface area contributed by atoms with Crippen molar-refractivity contribution in [3.05, 3.63) is 27.7 Å². The number of aromatic nitrogens is 2. The maximum Gasteiger partial charge on any atom is 0.173 e. The predicted molar refractivity (Wildman–Crippen MR) is 93.0 cm³/mol. The van der Waals surface area contributed by atoms with Gasteiger partial charge in [-0.05, 0) is 46.6 Å². The van der Waals surface area contributed by atoms with E-state index in [0.29, 0.717) is 5.92 Å². The molecule has 21 heavy (non-hydrogen) atoms. The highest BCUT2D eigenvalue weighted by Crippen LogP contribution is 2.37. The second-order valence-electron chi connectivity index (χ2n) is 5.51. The molecule has 2 aromatic heterocycles. The molecule has 2 heterocycles. The van der Waals surface area contributed by atoms with Crippen molar-refractivity contribution in [2.24, 2.45) is 0 Å². The van der Waals surface area contributed by atoms with Crippen LogP contribution in [0, 0.1) is 0 Å². The molecule has 1 saturated carbocycles. The Bertz CT molecular complexity index is 605. The molecular weight excluding hydrogens is 346 g/mol. The van der Waals surface area contributed by atoms with Crippen molar-refractivity contribution in [2.75, 3.05) is 11.9 Å². The lowest BCUT2D eigenvalue weighted by Crippen LogP contribution is -2.07. The van der Waals surface area contributed by atoms with Gasteiger partial charge in [0.05, 0.1) is 4.88 Å². The van der Waals surface area contributed by atoms with Gasteiger partial charge in [0.2, 0.25) is 0 Å². The molecule has 3 nitrogen and oxygen atoms in total. The lowest BCUT2D eigenvalue weighted by Gasteiger charge is -2.13. The minimum atomic E-state index is 0.604. The third-order valence-electron chi connectivity index (χ3n) is 3.90. The minimum absolute atomic E-state index is 0.604. The average Bonchev–Trinajstić information content (AvgIpc) is 3.16. The lowest BCUT2D eigenvalue weighted by molar-refractivity contribution is 0.695. The molecule has 0 saturated heterocycles. The third kappa shape index (κ3) is 3.46. The van der Waals surface area contributed by atoms with Gasteiger partial charge in [-0.25, -0.2) is 9.97 Å². The van der Waals surface area contributed by atoms with Crippen LogP contribution < -0.4 is 5.32 Å². The van der Waals surface area contributed by atoms with E-state index in [-0.39, 0.29) is 0 Å². The van der Waals surface area contributed by atoms with Gasteiger partial charge >= 0.3 is 0 Å². The fourth-order valence-electron chi connectivity index (χ4n) is 2.80. The summed E-state index contributed by atoms with van der Waals surface area (Å²) < 4.78 is 1.08. The molecule has 0 aliphatic heterocycles. The summed E-state index contributed by atoms with van der Waals surface area (Å²) in [6.07, 6.45) is 6.26. The Kier molecular flexibility index (Phi) is 4.91. The fourth-order valence-corrected chi connectivity index (χ4v) is 4.28. The second-order valence-corrected chi connectivity index (χ2v) is 7.28. The SMILES string of the molecule is CCCNc1cc(C2CCCC2)nc(-c2sccc2Br)n1. The van der Waals surface area contributed by atoms with E-state index in [1.807, 2.05) is 0 Å². The topological polar surface area (TPSA) is 37.8 Å². The Labute approximate surface area is 138 Å². The lowest BCUT2D eigenvalue weighted by atomic mass is 10.0. The van der Waals surface area contributed by atoms with Crippen molar-refractivity contribution in [1.29, 1.82) is 0 Å². The molecule has 5 heteroatoms. The van der Waals surface area contributed by atoms with Crippen LogP contribution in [0.2, 0.25) is 0 Å². The summed E-state index contributed by atoms with van der Waals surface area (Å²) in [6, 6.07) is 4.21. The number of nitrogens with one attached hydrogen (secondary N) is 1. The highest BCUT2D eigenvalue weighted by Gasteiger charge is 2.21. The highest BCUT2D eigenvalue weighted by molar-refractivity contribution is 9.10. The van der Waals surface area contributed by atoms with Crippen molar-refractivity contribution in [3.63, 3.8) is 0 Å². The standard InChI is InChI=1S/C16H20BrN3S/c1-2-8-18-14-10-13(11-5-3-4-6-11)19-16(20-14)15-12(17)7-9-21-15/h7,9-11H,2-6,8H2,1H3,(H,18,19,20). The molecule has 1 N–H and O–H groups in total. The van der Waals surface area contributed by atoms with Crippen LogP contribution in [0.15, 0.2) is 22.0 Å². The highest BCUT2D eigenvalue weighted by atomic mass is 79.9. The normalized spacial score (nSPS) is 15.5. The Hall–Kier alpha value is -0.940. The molecule has 3 rings (SSSR count). The van der Waals surface area contributed by atoms with Crippen molar-refractivity contribution in [1.82, 2.24) is 9.97 Å². The summed E-state index contributed by atoms with van der Waals surface area (Å²) in [6.45, 7) is 3.12. The largest absolute Gasteiger partial charge is 0.370 e. The first-order valence-corrected chi connectivity index (χ1v) is 9.31. The van der Waals surface area contributed by atoms with Crippen LogP contribution in [0.4, 0.5) is 5.82 Å². The number of rotatable bonds is 5. The van der Waals surface area contributed by atoms with Crippen molar-refractivity contribution in [2.45, 2.75) is 44.9 Å². The maximum atomic E-state index is 4.86. The van der Waals surface area contributed by atoms with Gasteiger partial charge in [0.25, 0.3) is 0 Å². The van der Waals surface area contributed by atoms with E-state index in [4.69, 9.17) is 9.97 Å². The molecule has 0 atom stereocenters. The van der Waals surface area contributed by atoms with Crippen molar-refractivity contribution < 1.29 is 0 Å². The van der Waals surface area contributed by atoms with E-state index in [9.17, 15) is 0 Å². The van der Waals surface area contributed by atoms with Gasteiger partial charge in [0.1, 0.15) is 5.82 Å². The smallest absolute Gasteiger partial charge is 0.173 e. The van der Waals surface area contributed by atoms with Gasteiger partial charge in [-0.1, -0.05) is 19.8 Å². The van der Waals surface area contributed by atoms with Gasteiger partial charge in [-0.2, -0.15) is 0 Å². The molecule has 0 aromatic carbocycles. The van der Waals surface area contributed by atoms with E-state index < -0.39 is 0 Å². The Morgan fingerprint density at radius 2 is 2.14 bits per heavy atom. The zero-order valence-corrected chi connectivity index (χ0v) is 14.6. The Morgan fingerprint density at radius 1 is 1.33 bits per heavy atom. The molecule has 0 unspecified atom stereocenters. The predicted octanol–water partition coefficient (Wildman–Crippen LogP) is 5.45. The first kappa shape index (κ1) is 15.0. The van der Waals surface area contributed by atoms with Gasteiger partial charge in [0.15, 0.2) is 5.82 Å². The number of hydrogen-bond acceptors (Lipinski definition) is 4. The van der Waals surface area contributed by atoms with E-state index >= 15 is 0 Å². The van der Waals surface area contributed by atoms with Crippen LogP contribution in [-0.4, -0.2) is 16.5 Å². The summed E-state index contributed by atoms with van der Waals surface area (Å²) in [5.74, 6) is 2.41. The van der Waals surface area contributed by atoms with Crippen LogP contribution in [-0.2, 0) is 0 Å². The van der Waals surface area contributed by atoms with E-state index in [2.05, 4.69) is 45.7 Å². The summed E-state index contributed by atoms with van der Waals surface area (Å²) >= 11 is 5.29. The van der Waals surface area contributed by atoms with Gasteiger partial charge in [-0.3, -0.25) is 0 Å². The molecule has 0 radical (unpaired) electrons. The molecule has 1 aliphatic rings. The summed E-state index contributed by atoms with van der Waals surface area (Å²) in [7, 11) is 0. The molecule has 0 spiro atoms. The molecule has 0 amide bonds. The number of thiophene rings is 1. The summed E-state index contributed by atoms with van der Waals surface area (Å²) in [5, 5.41) is 5.49. The van der Waals surface area contributed by atoms with Crippen LogP contribution in [0.3, 0.4) is 0 Å². The zero-order chi connectivity index (χ0) is 14.7. The number of halogens is 1. The van der Waals surface area contributed by atoms with Crippen LogP contribution in [0.1, 0.15) is 50.6 Å². The van der Waals surface area contributed by atoms with Crippen LogP contribution >= 0.6 is 27.3 Å². The number of nitrogens with zero attached hydrogens (tertiary/aromatic N) is 2. The van der Waals surface area contributed by atoms with Crippen molar-refractivity contribution in [3.8, 4) is 10.7 Å². The van der Waals surface area contributed by atoms with Crippen LogP contribution in [0.5, 0.6) is 0 Å². The molecule has 1 fully saturated rings. The second kappa shape index (κ2) is 6.88. The maximum absolute atomic E-state index is 4.86. The molecule has 0 bridgehead atoms. The summed E-state index contributed by atoms with van der Waals surface area (Å²) in [5.41, 5.74) is 1.21. The zero-order valence-electron chi connectivity index (χ0n) is 12.2. The third-order valence-corrected chi connectivity index (χ3v) is 5.73. The number of anilines is 1. The number of hydrogen-bond donors (Lipinski definition) is 1. The van der Waals surface area contributed by atoms with Gasteiger partial charge in [0, 0.05) is 28.7 Å². The molecular formula is C16H20BrN3S. The molecule has 112 valence electrons. The Balaban J connectivity index is 1.98. The monoisotopic (exact) mass is 365 g/mol. The van der Waals surface area contributed by atoms with Crippen molar-refractivity contribution >= 4 is 33.1 Å². The van der Waals surface area contributed by atoms with Crippen LogP contribution in [0.25, 0.3) is 10.7 Å². The Morgan fingerprint density at radius 3 is 2.81 bits per heavy atom. The summed E-state index contributed by atoms with van der Waals surface area (Å²) in [4.78, 5) is 10.7. The van der Waals surface area contributed by atoms with Gasteiger partial charge < -0.3 is 5.32 Å². The minimum Gasteiger partial charge on any atom is -0.370 e. The van der Waals surface area contributed by atoms with E-state index in [1.54, 1.807) is 11.3 Å². The van der Waals surface area contributed by atoms with E-state index in [0.717, 1.165) is 34.0 Å². The molecule has 2 aromatic rings. The molecule has 1 aliphatic carbocycles. The first-order chi connectivity index (χ1) is 10.3. The first-order valence-electron chi connectivity index (χ1n) is 7.64. The quantitative estimate of drug-likeness (QED) is 0.765. The fraction of sp³-hybridized carbons (Fsp3) is 0.500.